The summed E-state index contributed by atoms with van der Waals surface area (Å²) < 4.78 is 28.1. The number of aromatic nitrogens is 5. The number of hydrogen-bond acceptors (Lipinski definition) is 16. The maximum absolute atomic E-state index is 15.7. The van der Waals surface area contributed by atoms with Crippen molar-refractivity contribution in [1.29, 1.82) is 0 Å². The Kier molecular flexibility index (Phi) is 13.9. The fourth-order valence-corrected chi connectivity index (χ4v) is 16.4. The summed E-state index contributed by atoms with van der Waals surface area (Å²) in [5.74, 6) is -0.603. The Bertz CT molecular complexity index is 3250. The number of nitrogens with one attached hydrogen (secondary N) is 2. The number of rotatable bonds is 13. The van der Waals surface area contributed by atoms with Gasteiger partial charge < -0.3 is 33.7 Å². The topological polar surface area (TPSA) is 182 Å². The third kappa shape index (κ3) is 10.0. The molecule has 2 N–H and O–H groups in total. The van der Waals surface area contributed by atoms with Crippen molar-refractivity contribution in [1.82, 2.24) is 50.1 Å². The van der Waals surface area contributed by atoms with E-state index < -0.39 is 23.0 Å². The molecule has 7 aliphatic heterocycles. The standard InChI is InChI=1S/C63H81N11O7S/c1-36-51(48-12-14-64-35-66-48)52(36)57(75)68-54-56(73-31-38-22-42(73)23-38)58-67-49(33-82-58)40-8-11-50-45(24-40)47(29-61(3,4)34-80-60(77)63-26-39(27-63)32-74(69-63)59(54)76)55(72(50)19-21-79-44-13-20-81-62(5,6)28-44)46-25-43(30-65-53(46)37(2)78-7)71-17-15-70(16-18-71)41-9-10-41/h8,11-12,14,24-25,30,33,35-39,41-42,44,51-52,54,56,69H,9-10,13,15-23,26-29,31-32,34H2,1-7H3,(H,68,75)/t36-,37-,38?,39?,42?,44-,51-,52+,54-,56-,63?/m0/s1. The predicted molar refractivity (Wildman–Crippen MR) is 312 cm³/mol. The summed E-state index contributed by atoms with van der Waals surface area (Å²) in [6.07, 6.45) is 13.1. The number of esters is 1. The first-order chi connectivity index (χ1) is 39.5. The molecule has 19 heteroatoms. The number of piperazine rings is 1. The molecule has 1 spiro atoms. The van der Waals surface area contributed by atoms with Gasteiger partial charge in [-0.1, -0.05) is 26.8 Å². The van der Waals surface area contributed by atoms with Gasteiger partial charge in [-0.05, 0) is 120 Å². The van der Waals surface area contributed by atoms with Crippen LogP contribution >= 0.6 is 11.3 Å². The van der Waals surface area contributed by atoms with Crippen molar-refractivity contribution in [2.45, 2.75) is 159 Å². The average Bonchev–Trinajstić information content (AvgIpc) is 2.81. The molecule has 9 bridgehead atoms. The fraction of sp³-hybridized carbons (Fsp3) is 0.635. The van der Waals surface area contributed by atoms with Crippen LogP contribution < -0.4 is 15.6 Å². The van der Waals surface area contributed by atoms with Gasteiger partial charge in [-0.3, -0.25) is 29.4 Å². The summed E-state index contributed by atoms with van der Waals surface area (Å²) in [6.45, 7) is 19.9. The van der Waals surface area contributed by atoms with Crippen LogP contribution in [0.15, 0.2) is 54.4 Å². The van der Waals surface area contributed by atoms with Gasteiger partial charge in [-0.25, -0.2) is 25.2 Å². The number of benzene rings is 1. The molecule has 1 aromatic carbocycles. The molecule has 11 aliphatic rings. The number of fused-ring (bicyclic) bond motifs is 5. The van der Waals surface area contributed by atoms with Gasteiger partial charge in [0.1, 0.15) is 22.9 Å². The fourth-order valence-electron chi connectivity index (χ4n) is 15.4. The Hall–Kier alpha value is -5.41. The number of methoxy groups -OCH3 is 1. The summed E-state index contributed by atoms with van der Waals surface area (Å²) in [4.78, 5) is 72.5. The summed E-state index contributed by atoms with van der Waals surface area (Å²) in [5.41, 5.74) is 10.4. The second-order valence-corrected chi connectivity index (χ2v) is 28.0. The minimum absolute atomic E-state index is 0.0295. The van der Waals surface area contributed by atoms with Crippen LogP contribution in [0.25, 0.3) is 33.4 Å². The van der Waals surface area contributed by atoms with Crippen LogP contribution in [0.4, 0.5) is 5.69 Å². The maximum atomic E-state index is 15.7. The number of anilines is 1. The lowest BCUT2D eigenvalue weighted by Gasteiger charge is -2.55. The number of carbonyl (C=O) groups is 3. The molecule has 16 rings (SSSR count). The lowest BCUT2D eigenvalue weighted by atomic mass is 9.66. The minimum Gasteiger partial charge on any atom is -0.464 e. The SMILES string of the molecule is CO[C@@H](C)c1ncc(N2CCN(C3CC3)CC2)cc1-c1c2c3cc(ccc3n1CCO[C@H]1CCOC(C)(C)C1)-c1csc(n1)[C@@H](N1CC3CC1C3)[C@H](NC(=O)[C@@H]1[C@@H](C)[C@H]1c1ccncn1)C(=O)N1CC3CC(C3)(N1)C(=O)OCC(C)(C)C2. The minimum atomic E-state index is -1.08. The van der Waals surface area contributed by atoms with Gasteiger partial charge in [0.05, 0.1) is 66.0 Å². The Morgan fingerprint density at radius 2 is 1.79 bits per heavy atom. The summed E-state index contributed by atoms with van der Waals surface area (Å²) in [7, 11) is 1.75. The van der Waals surface area contributed by atoms with E-state index in [0.29, 0.717) is 51.5 Å². The zero-order valence-corrected chi connectivity index (χ0v) is 49.6. The predicted octanol–water partition coefficient (Wildman–Crippen LogP) is 7.87. The van der Waals surface area contributed by atoms with Gasteiger partial charge >= 0.3 is 5.97 Å². The number of carbonyl (C=O) groups excluding carboxylic acids is 3. The largest absolute Gasteiger partial charge is 0.464 e. The number of ether oxygens (including phenoxy) is 4. The smallest absolute Gasteiger partial charge is 0.328 e. The number of cyclic esters (lactones) is 1. The quantitative estimate of drug-likeness (QED) is 0.109. The van der Waals surface area contributed by atoms with Crippen LogP contribution in [0.1, 0.15) is 133 Å². The molecule has 4 aromatic heterocycles. The van der Waals surface area contributed by atoms with Crippen LogP contribution in [-0.4, -0.2) is 159 Å². The van der Waals surface area contributed by atoms with E-state index in [-0.39, 0.29) is 71.9 Å². The molecular formula is C63H81N11O7S. The van der Waals surface area contributed by atoms with Crippen LogP contribution in [0.3, 0.4) is 0 Å². The first kappa shape index (κ1) is 54.5. The highest BCUT2D eigenvalue weighted by molar-refractivity contribution is 7.10. The Morgan fingerprint density at radius 3 is 2.52 bits per heavy atom. The van der Waals surface area contributed by atoms with Crippen molar-refractivity contribution >= 4 is 45.7 Å². The highest BCUT2D eigenvalue weighted by Crippen LogP contribution is 2.54. The maximum Gasteiger partial charge on any atom is 0.328 e. The Balaban J connectivity index is 0.905. The van der Waals surface area contributed by atoms with E-state index in [1.54, 1.807) is 29.7 Å². The molecule has 6 saturated heterocycles. The second-order valence-electron chi connectivity index (χ2n) is 27.1. The van der Waals surface area contributed by atoms with Gasteiger partial charge in [-0.2, -0.15) is 0 Å². The molecule has 4 aliphatic carbocycles. The molecular weight excluding hydrogens is 1050 g/mol. The highest BCUT2D eigenvalue weighted by atomic mass is 32.1. The average molecular weight is 1140 g/mol. The Labute approximate surface area is 485 Å². The van der Waals surface area contributed by atoms with Crippen molar-refractivity contribution in [3.63, 3.8) is 0 Å². The number of thiazole rings is 1. The van der Waals surface area contributed by atoms with Gasteiger partial charge in [0.15, 0.2) is 0 Å². The molecule has 7 atom stereocenters. The first-order valence-electron chi connectivity index (χ1n) is 30.5. The lowest BCUT2D eigenvalue weighted by Crippen LogP contribution is -2.75. The normalized spacial score (nSPS) is 31.9. The molecule has 18 nitrogen and oxygen atoms in total. The van der Waals surface area contributed by atoms with Crippen molar-refractivity contribution in [3.8, 4) is 22.5 Å². The molecule has 5 aromatic rings. The molecule has 4 saturated carbocycles. The number of hydrazine groups is 1. The van der Waals surface area contributed by atoms with E-state index in [2.05, 4.69) is 111 Å². The van der Waals surface area contributed by atoms with Crippen LogP contribution in [0, 0.1) is 29.1 Å². The van der Waals surface area contributed by atoms with Crippen LogP contribution in [0.5, 0.6) is 0 Å². The van der Waals surface area contributed by atoms with Crippen LogP contribution in [0.2, 0.25) is 0 Å². The second kappa shape index (κ2) is 21.0. The van der Waals surface area contributed by atoms with E-state index in [1.165, 1.54) is 19.2 Å². The summed E-state index contributed by atoms with van der Waals surface area (Å²) in [6, 6.07) is 10.4. The van der Waals surface area contributed by atoms with Crippen molar-refractivity contribution in [3.05, 3.63) is 76.4 Å². The third-order valence-corrected chi connectivity index (χ3v) is 21.1. The number of pyridine rings is 1. The summed E-state index contributed by atoms with van der Waals surface area (Å²) in [5, 5.41) is 9.01. The van der Waals surface area contributed by atoms with Crippen molar-refractivity contribution < 1.29 is 33.3 Å². The molecule has 2 amide bonds. The van der Waals surface area contributed by atoms with Gasteiger partial charge in [0.25, 0.3) is 5.91 Å². The van der Waals surface area contributed by atoms with Gasteiger partial charge in [0, 0.05) is 135 Å². The molecule has 0 radical (unpaired) electrons. The van der Waals surface area contributed by atoms with Crippen molar-refractivity contribution in [2.75, 3.05) is 71.1 Å². The molecule has 82 heavy (non-hydrogen) atoms. The highest BCUT2D eigenvalue weighted by Gasteiger charge is 2.60. The monoisotopic (exact) mass is 1140 g/mol. The lowest BCUT2D eigenvalue weighted by molar-refractivity contribution is -0.180. The molecule has 11 heterocycles. The summed E-state index contributed by atoms with van der Waals surface area (Å²) >= 11 is 1.56. The zero-order valence-electron chi connectivity index (χ0n) is 48.8. The number of amides is 2. The number of hydrogen-bond donors (Lipinski definition) is 2. The Morgan fingerprint density at radius 1 is 0.976 bits per heavy atom. The van der Waals surface area contributed by atoms with Gasteiger partial charge in [-0.15, -0.1) is 11.3 Å². The van der Waals surface area contributed by atoms with E-state index >= 15 is 4.79 Å². The third-order valence-electron chi connectivity index (χ3n) is 20.2. The first-order valence-corrected chi connectivity index (χ1v) is 31.4. The van der Waals surface area contributed by atoms with E-state index in [9.17, 15) is 9.59 Å². The molecule has 436 valence electrons. The molecule has 0 unspecified atom stereocenters. The van der Waals surface area contributed by atoms with E-state index in [0.717, 1.165) is 126 Å². The molecule has 10 fully saturated rings. The van der Waals surface area contributed by atoms with E-state index in [4.69, 9.17) is 28.9 Å². The van der Waals surface area contributed by atoms with Crippen molar-refractivity contribution in [2.24, 2.45) is 29.1 Å². The van der Waals surface area contributed by atoms with E-state index in [1.807, 2.05) is 12.3 Å². The number of nitrogens with zero attached hydrogens (tertiary/aromatic N) is 9. The zero-order chi connectivity index (χ0) is 56.4. The van der Waals surface area contributed by atoms with Gasteiger partial charge in [0.2, 0.25) is 5.91 Å². The van der Waals surface area contributed by atoms with Crippen LogP contribution in [-0.2, 0) is 46.3 Å².